The van der Waals surface area contributed by atoms with Gasteiger partial charge in [0.1, 0.15) is 5.69 Å². The van der Waals surface area contributed by atoms with Gasteiger partial charge in [0.2, 0.25) is 5.88 Å². The third-order valence-electron chi connectivity index (χ3n) is 4.36. The number of ether oxygens (including phenoxy) is 1. The molecule has 0 fully saturated rings. The Labute approximate surface area is 170 Å². The van der Waals surface area contributed by atoms with Crippen LogP contribution in [-0.4, -0.2) is 24.1 Å². The van der Waals surface area contributed by atoms with Gasteiger partial charge < -0.3 is 9.64 Å². The van der Waals surface area contributed by atoms with Crippen molar-refractivity contribution in [1.82, 2.24) is 4.98 Å². The Hall–Kier alpha value is -3.42. The molecule has 0 aliphatic heterocycles. The van der Waals surface area contributed by atoms with Crippen molar-refractivity contribution < 1.29 is 27.1 Å². The number of pyridine rings is 1. The van der Waals surface area contributed by atoms with Crippen molar-refractivity contribution in [2.45, 2.75) is 19.3 Å². The molecular formula is C22H18F4N2O2. The summed E-state index contributed by atoms with van der Waals surface area (Å²) in [6.07, 6.45) is -5.24. The maximum Gasteiger partial charge on any atom is 0.456 e. The first-order chi connectivity index (χ1) is 14.3. The van der Waals surface area contributed by atoms with Gasteiger partial charge in [-0.05, 0) is 11.1 Å². The Morgan fingerprint density at radius 2 is 1.47 bits per heavy atom. The van der Waals surface area contributed by atoms with Gasteiger partial charge >= 0.3 is 6.18 Å². The molecule has 0 spiro atoms. The van der Waals surface area contributed by atoms with Crippen LogP contribution in [0.5, 0.6) is 5.88 Å². The molecule has 0 saturated carbocycles. The van der Waals surface area contributed by atoms with Crippen LogP contribution < -0.4 is 9.64 Å². The summed E-state index contributed by atoms with van der Waals surface area (Å²) in [7, 11) is 1.20. The molecule has 3 aromatic rings. The third-order valence-corrected chi connectivity index (χ3v) is 4.36. The standard InChI is InChI=1S/C22H18F4N2O2/c1-30-21-18(12-17(23)19(27-21)20(29)22(24,25)26)28(13-15-8-4-2-5-9-15)14-16-10-6-3-7-11-16/h2-12H,13-14H2,1H3. The lowest BCUT2D eigenvalue weighted by Crippen LogP contribution is -2.27. The monoisotopic (exact) mass is 418 g/mol. The highest BCUT2D eigenvalue weighted by Crippen LogP contribution is 2.33. The first kappa shape index (κ1) is 21.3. The summed E-state index contributed by atoms with van der Waals surface area (Å²) >= 11 is 0. The molecule has 0 unspecified atom stereocenters. The number of ketones is 1. The molecule has 156 valence electrons. The van der Waals surface area contributed by atoms with E-state index in [1.165, 1.54) is 7.11 Å². The van der Waals surface area contributed by atoms with Crippen molar-refractivity contribution >= 4 is 11.5 Å². The minimum atomic E-state index is -5.24. The summed E-state index contributed by atoms with van der Waals surface area (Å²) in [6.45, 7) is 0.638. The molecule has 1 aromatic heterocycles. The molecule has 0 bridgehead atoms. The number of carbonyl (C=O) groups is 1. The number of anilines is 1. The first-order valence-corrected chi connectivity index (χ1v) is 8.98. The summed E-state index contributed by atoms with van der Waals surface area (Å²) in [5.41, 5.74) is 0.613. The molecule has 2 aromatic carbocycles. The van der Waals surface area contributed by atoms with E-state index in [-0.39, 0.29) is 11.6 Å². The lowest BCUT2D eigenvalue weighted by atomic mass is 10.1. The van der Waals surface area contributed by atoms with Crippen LogP contribution in [0, 0.1) is 5.82 Å². The predicted molar refractivity (Wildman–Crippen MR) is 104 cm³/mol. The fraction of sp³-hybridized carbons (Fsp3) is 0.182. The molecular weight excluding hydrogens is 400 g/mol. The van der Waals surface area contributed by atoms with Crippen molar-refractivity contribution in [3.63, 3.8) is 0 Å². The topological polar surface area (TPSA) is 42.4 Å². The number of carbonyl (C=O) groups excluding carboxylic acids is 1. The molecule has 8 heteroatoms. The van der Waals surface area contributed by atoms with Crippen molar-refractivity contribution in [2.75, 3.05) is 12.0 Å². The van der Waals surface area contributed by atoms with Crippen LogP contribution in [0.25, 0.3) is 0 Å². The van der Waals surface area contributed by atoms with Gasteiger partial charge in [-0.3, -0.25) is 4.79 Å². The van der Waals surface area contributed by atoms with Crippen molar-refractivity contribution in [1.29, 1.82) is 0 Å². The summed E-state index contributed by atoms with van der Waals surface area (Å²) in [5, 5.41) is 0. The van der Waals surface area contributed by atoms with Crippen molar-refractivity contribution in [3.8, 4) is 5.88 Å². The van der Waals surface area contributed by atoms with Crippen LogP contribution in [0.1, 0.15) is 21.6 Å². The number of alkyl halides is 3. The van der Waals surface area contributed by atoms with Gasteiger partial charge in [-0.2, -0.15) is 13.2 Å². The van der Waals surface area contributed by atoms with Crippen molar-refractivity contribution in [3.05, 3.63) is 89.4 Å². The smallest absolute Gasteiger partial charge is 0.456 e. The highest BCUT2D eigenvalue weighted by atomic mass is 19.4. The fourth-order valence-electron chi connectivity index (χ4n) is 2.97. The number of nitrogens with zero attached hydrogens (tertiary/aromatic N) is 2. The second-order valence-electron chi connectivity index (χ2n) is 6.50. The lowest BCUT2D eigenvalue weighted by molar-refractivity contribution is -0.0891. The largest absolute Gasteiger partial charge is 0.480 e. The van der Waals surface area contributed by atoms with Crippen LogP contribution in [0.15, 0.2) is 66.7 Å². The normalized spacial score (nSPS) is 11.2. The third kappa shape index (κ3) is 4.94. The van der Waals surface area contributed by atoms with Crippen LogP contribution in [-0.2, 0) is 13.1 Å². The van der Waals surface area contributed by atoms with Crippen LogP contribution in [0.3, 0.4) is 0 Å². The number of aromatic nitrogens is 1. The maximum atomic E-state index is 14.5. The number of methoxy groups -OCH3 is 1. The average molecular weight is 418 g/mol. The van der Waals surface area contributed by atoms with Gasteiger partial charge in [-0.15, -0.1) is 0 Å². The predicted octanol–water partition coefficient (Wildman–Crippen LogP) is 5.18. The molecule has 0 N–H and O–H groups in total. The Morgan fingerprint density at radius 1 is 0.967 bits per heavy atom. The van der Waals surface area contributed by atoms with E-state index in [1.54, 1.807) is 4.90 Å². The number of hydrogen-bond donors (Lipinski definition) is 0. The zero-order chi connectivity index (χ0) is 21.7. The van der Waals surface area contributed by atoms with Crippen LogP contribution >= 0.6 is 0 Å². The van der Waals surface area contributed by atoms with Gasteiger partial charge in [-0.25, -0.2) is 9.37 Å². The lowest BCUT2D eigenvalue weighted by Gasteiger charge is -2.27. The highest BCUT2D eigenvalue weighted by molar-refractivity contribution is 5.99. The highest BCUT2D eigenvalue weighted by Gasteiger charge is 2.42. The summed E-state index contributed by atoms with van der Waals surface area (Å²) in [6, 6.07) is 19.4. The number of halogens is 4. The van der Waals surface area contributed by atoms with E-state index >= 15 is 0 Å². The van der Waals surface area contributed by atoms with Crippen LogP contribution in [0.4, 0.5) is 23.2 Å². The van der Waals surface area contributed by atoms with E-state index in [4.69, 9.17) is 4.74 Å². The van der Waals surface area contributed by atoms with E-state index in [9.17, 15) is 22.4 Å². The number of rotatable bonds is 7. The molecule has 30 heavy (non-hydrogen) atoms. The maximum absolute atomic E-state index is 14.5. The molecule has 0 amide bonds. The minimum absolute atomic E-state index is 0.140. The molecule has 0 saturated heterocycles. The second-order valence-corrected chi connectivity index (χ2v) is 6.50. The second kappa shape index (κ2) is 8.94. The Morgan fingerprint density at radius 3 is 1.90 bits per heavy atom. The van der Waals surface area contributed by atoms with E-state index in [0.29, 0.717) is 13.1 Å². The van der Waals surface area contributed by atoms with E-state index < -0.39 is 23.5 Å². The van der Waals surface area contributed by atoms with Gasteiger partial charge in [0.15, 0.2) is 11.5 Å². The number of benzene rings is 2. The van der Waals surface area contributed by atoms with Gasteiger partial charge in [-0.1, -0.05) is 60.7 Å². The average Bonchev–Trinajstić information content (AvgIpc) is 2.73. The van der Waals surface area contributed by atoms with E-state index in [0.717, 1.165) is 17.2 Å². The molecule has 1 heterocycles. The Balaban J connectivity index is 2.05. The van der Waals surface area contributed by atoms with Gasteiger partial charge in [0.25, 0.3) is 5.78 Å². The summed E-state index contributed by atoms with van der Waals surface area (Å²) in [4.78, 5) is 16.8. The zero-order valence-corrected chi connectivity index (χ0v) is 16.0. The fourth-order valence-corrected chi connectivity index (χ4v) is 2.97. The van der Waals surface area contributed by atoms with E-state index in [2.05, 4.69) is 4.98 Å². The number of hydrogen-bond acceptors (Lipinski definition) is 4. The molecule has 3 rings (SSSR count). The zero-order valence-electron chi connectivity index (χ0n) is 16.0. The Bertz CT molecular complexity index is 967. The van der Waals surface area contributed by atoms with Gasteiger partial charge in [0, 0.05) is 19.2 Å². The minimum Gasteiger partial charge on any atom is -0.480 e. The number of Topliss-reactive ketones (excluding diaryl/α,β-unsaturated/α-hetero) is 1. The first-order valence-electron chi connectivity index (χ1n) is 8.98. The molecule has 0 aliphatic rings. The summed E-state index contributed by atoms with van der Waals surface area (Å²) in [5.74, 6) is -3.99. The van der Waals surface area contributed by atoms with E-state index in [1.807, 2.05) is 60.7 Å². The molecule has 0 aliphatic carbocycles. The molecule has 0 atom stereocenters. The van der Waals surface area contributed by atoms with Crippen LogP contribution in [0.2, 0.25) is 0 Å². The molecule has 0 radical (unpaired) electrons. The molecule has 4 nitrogen and oxygen atoms in total. The van der Waals surface area contributed by atoms with Crippen molar-refractivity contribution in [2.24, 2.45) is 0 Å². The quantitative estimate of drug-likeness (QED) is 0.392. The SMILES string of the molecule is COc1nc(C(=O)C(F)(F)F)c(F)cc1N(Cc1ccccc1)Cc1ccccc1. The van der Waals surface area contributed by atoms with Gasteiger partial charge in [0.05, 0.1) is 7.11 Å². The summed E-state index contributed by atoms with van der Waals surface area (Å²) < 4.78 is 58.0. The Kier molecular flexibility index (Phi) is 6.34.